The molecule has 0 aliphatic heterocycles. The Hall–Kier alpha value is -2.29. The number of anilines is 1. The van der Waals surface area contributed by atoms with Gasteiger partial charge in [0.2, 0.25) is 5.91 Å². The molecule has 9 heteroatoms. The van der Waals surface area contributed by atoms with Crippen LogP contribution in [0.3, 0.4) is 0 Å². The van der Waals surface area contributed by atoms with Crippen LogP contribution in [-0.2, 0) is 14.8 Å². The van der Waals surface area contributed by atoms with E-state index in [1.54, 1.807) is 30.3 Å². The number of rotatable bonds is 9. The van der Waals surface area contributed by atoms with Crippen molar-refractivity contribution in [3.63, 3.8) is 0 Å². The summed E-state index contributed by atoms with van der Waals surface area (Å²) in [6.45, 7) is 0.702. The third-order valence-electron chi connectivity index (χ3n) is 3.91. The molecule has 0 saturated carbocycles. The lowest BCUT2D eigenvalue weighted by Crippen LogP contribution is -2.42. The van der Waals surface area contributed by atoms with Gasteiger partial charge in [0, 0.05) is 18.1 Å². The molecule has 1 amide bonds. The van der Waals surface area contributed by atoms with Crippen molar-refractivity contribution in [3.05, 3.63) is 53.6 Å². The van der Waals surface area contributed by atoms with Crippen LogP contribution in [-0.4, -0.2) is 60.1 Å². The Morgan fingerprint density at radius 3 is 2.39 bits per heavy atom. The van der Waals surface area contributed by atoms with E-state index >= 15 is 0 Å². The molecular formula is C19H24ClN3O4S. The Morgan fingerprint density at radius 1 is 1.14 bits per heavy atom. The van der Waals surface area contributed by atoms with Crippen LogP contribution in [0.2, 0.25) is 5.02 Å². The number of carbonyl (C=O) groups excluding carboxylic acids is 1. The number of nitrogens with one attached hydrogen (secondary N) is 1. The van der Waals surface area contributed by atoms with Gasteiger partial charge in [-0.25, -0.2) is 8.42 Å². The first-order valence-corrected chi connectivity index (χ1v) is 10.4. The number of hydrogen-bond donors (Lipinski definition) is 1. The molecule has 0 radical (unpaired) electrons. The van der Waals surface area contributed by atoms with E-state index in [0.717, 1.165) is 4.31 Å². The summed E-state index contributed by atoms with van der Waals surface area (Å²) in [6, 6.07) is 12.4. The van der Waals surface area contributed by atoms with E-state index < -0.39 is 15.9 Å². The standard InChI is InChI=1S/C19H24ClN3O4S/c1-22(2)12-11-21-19(24)14-23(16-6-4-5-15(20)13-16)28(25,26)18-9-7-17(27-3)8-10-18/h4-10,13H,11-12,14H2,1-3H3,(H,21,24). The molecule has 0 unspecified atom stereocenters. The molecule has 1 N–H and O–H groups in total. The zero-order valence-electron chi connectivity index (χ0n) is 16.1. The molecule has 0 aromatic heterocycles. The Kier molecular flexibility index (Phi) is 7.68. The van der Waals surface area contributed by atoms with Crippen LogP contribution in [0.4, 0.5) is 5.69 Å². The van der Waals surface area contributed by atoms with Crippen molar-refractivity contribution in [1.82, 2.24) is 10.2 Å². The van der Waals surface area contributed by atoms with Crippen LogP contribution in [0.5, 0.6) is 5.75 Å². The quantitative estimate of drug-likeness (QED) is 0.666. The molecule has 152 valence electrons. The fourth-order valence-electron chi connectivity index (χ4n) is 2.43. The van der Waals surface area contributed by atoms with Gasteiger partial charge in [-0.1, -0.05) is 17.7 Å². The van der Waals surface area contributed by atoms with Gasteiger partial charge in [0.15, 0.2) is 0 Å². The summed E-state index contributed by atoms with van der Waals surface area (Å²) in [5.74, 6) is 0.133. The predicted molar refractivity (Wildman–Crippen MR) is 111 cm³/mol. The number of carbonyl (C=O) groups is 1. The second kappa shape index (κ2) is 9.77. The van der Waals surface area contributed by atoms with Crippen LogP contribution in [0.15, 0.2) is 53.4 Å². The lowest BCUT2D eigenvalue weighted by molar-refractivity contribution is -0.119. The number of halogens is 1. The van der Waals surface area contributed by atoms with Crippen LogP contribution >= 0.6 is 11.6 Å². The number of nitrogens with zero attached hydrogens (tertiary/aromatic N) is 2. The molecule has 0 saturated heterocycles. The highest BCUT2D eigenvalue weighted by Gasteiger charge is 2.27. The number of methoxy groups -OCH3 is 1. The Morgan fingerprint density at radius 2 is 1.82 bits per heavy atom. The second-order valence-corrected chi connectivity index (χ2v) is 8.62. The van der Waals surface area contributed by atoms with Crippen LogP contribution in [0.1, 0.15) is 0 Å². The van der Waals surface area contributed by atoms with Crippen LogP contribution in [0.25, 0.3) is 0 Å². The number of hydrogen-bond acceptors (Lipinski definition) is 5. The molecule has 0 aliphatic rings. The first-order chi connectivity index (χ1) is 13.2. The molecule has 0 heterocycles. The SMILES string of the molecule is COc1ccc(S(=O)(=O)N(CC(=O)NCCN(C)C)c2cccc(Cl)c2)cc1. The van der Waals surface area contributed by atoms with Gasteiger partial charge in [-0.3, -0.25) is 9.10 Å². The second-order valence-electron chi connectivity index (χ2n) is 6.32. The highest BCUT2D eigenvalue weighted by atomic mass is 35.5. The minimum atomic E-state index is -3.98. The fourth-order valence-corrected chi connectivity index (χ4v) is 4.02. The summed E-state index contributed by atoms with van der Waals surface area (Å²) >= 11 is 6.04. The van der Waals surface area contributed by atoms with Gasteiger partial charge in [-0.05, 0) is 56.6 Å². The van der Waals surface area contributed by atoms with Crippen molar-refractivity contribution < 1.29 is 17.9 Å². The molecule has 2 rings (SSSR count). The smallest absolute Gasteiger partial charge is 0.264 e. The molecule has 7 nitrogen and oxygen atoms in total. The van der Waals surface area contributed by atoms with Crippen molar-refractivity contribution >= 4 is 33.2 Å². The average Bonchev–Trinajstić information content (AvgIpc) is 2.65. The Balaban J connectivity index is 2.32. The summed E-state index contributed by atoms with van der Waals surface area (Å²) in [5.41, 5.74) is 0.311. The maximum atomic E-state index is 13.2. The van der Waals surface area contributed by atoms with Gasteiger partial charge in [0.05, 0.1) is 17.7 Å². The lowest BCUT2D eigenvalue weighted by atomic mass is 10.3. The molecule has 0 bridgehead atoms. The maximum absolute atomic E-state index is 13.2. The van der Waals surface area contributed by atoms with Crippen molar-refractivity contribution in [1.29, 1.82) is 0 Å². The van der Waals surface area contributed by atoms with E-state index in [0.29, 0.717) is 29.5 Å². The van der Waals surface area contributed by atoms with Gasteiger partial charge >= 0.3 is 0 Å². The predicted octanol–water partition coefficient (Wildman–Crippen LogP) is 2.22. The van der Waals surface area contributed by atoms with E-state index in [2.05, 4.69) is 5.32 Å². The molecule has 0 spiro atoms. The highest BCUT2D eigenvalue weighted by molar-refractivity contribution is 7.92. The number of ether oxygens (including phenoxy) is 1. The first kappa shape index (κ1) is 22.0. The molecule has 2 aromatic rings. The topological polar surface area (TPSA) is 79.0 Å². The molecule has 28 heavy (non-hydrogen) atoms. The molecule has 0 fully saturated rings. The number of sulfonamides is 1. The lowest BCUT2D eigenvalue weighted by Gasteiger charge is -2.24. The van der Waals surface area contributed by atoms with Crippen molar-refractivity contribution in [2.45, 2.75) is 4.90 Å². The maximum Gasteiger partial charge on any atom is 0.264 e. The van der Waals surface area contributed by atoms with E-state index in [-0.39, 0.29) is 11.4 Å². The normalized spacial score (nSPS) is 11.3. The summed E-state index contributed by atoms with van der Waals surface area (Å²) in [5, 5.41) is 3.11. The zero-order chi connectivity index (χ0) is 20.7. The number of benzene rings is 2. The van der Waals surface area contributed by atoms with Crippen LogP contribution < -0.4 is 14.4 Å². The average molecular weight is 426 g/mol. The molecule has 2 aromatic carbocycles. The van der Waals surface area contributed by atoms with Gasteiger partial charge < -0.3 is 15.0 Å². The van der Waals surface area contributed by atoms with Gasteiger partial charge in [0.1, 0.15) is 12.3 Å². The zero-order valence-corrected chi connectivity index (χ0v) is 17.6. The number of amides is 1. The monoisotopic (exact) mass is 425 g/mol. The first-order valence-electron chi connectivity index (χ1n) is 8.58. The third-order valence-corrected chi connectivity index (χ3v) is 5.94. The largest absolute Gasteiger partial charge is 0.497 e. The van der Waals surface area contributed by atoms with Crippen molar-refractivity contribution in [2.24, 2.45) is 0 Å². The minimum absolute atomic E-state index is 0.0503. The third kappa shape index (κ3) is 5.85. The van der Waals surface area contributed by atoms with E-state index in [9.17, 15) is 13.2 Å². The summed E-state index contributed by atoms with van der Waals surface area (Å²) in [6.07, 6.45) is 0. The van der Waals surface area contributed by atoms with E-state index in [1.807, 2.05) is 19.0 Å². The number of likely N-dealkylation sites (N-methyl/N-ethyl adjacent to an activating group) is 1. The highest BCUT2D eigenvalue weighted by Crippen LogP contribution is 2.27. The summed E-state index contributed by atoms with van der Waals surface area (Å²) in [4.78, 5) is 14.4. The molecule has 0 atom stereocenters. The summed E-state index contributed by atoms with van der Waals surface area (Å²) < 4.78 is 32.6. The fraction of sp³-hybridized carbons (Fsp3) is 0.316. The van der Waals surface area contributed by atoms with Crippen LogP contribution in [0, 0.1) is 0 Å². The van der Waals surface area contributed by atoms with Crippen molar-refractivity contribution in [2.75, 3.05) is 45.1 Å². The molecular weight excluding hydrogens is 402 g/mol. The molecule has 0 aliphatic carbocycles. The van der Waals surface area contributed by atoms with Gasteiger partial charge in [-0.15, -0.1) is 0 Å². The minimum Gasteiger partial charge on any atom is -0.497 e. The van der Waals surface area contributed by atoms with E-state index in [1.165, 1.54) is 25.3 Å². The van der Waals surface area contributed by atoms with Gasteiger partial charge in [0.25, 0.3) is 10.0 Å². The summed E-state index contributed by atoms with van der Waals surface area (Å²) in [7, 11) is 1.29. The van der Waals surface area contributed by atoms with Crippen molar-refractivity contribution in [3.8, 4) is 5.75 Å². The van der Waals surface area contributed by atoms with E-state index in [4.69, 9.17) is 16.3 Å². The Labute approximate surface area is 170 Å². The Bertz CT molecular complexity index is 902. The van der Waals surface area contributed by atoms with Gasteiger partial charge in [-0.2, -0.15) is 0 Å².